The van der Waals surface area contributed by atoms with Crippen molar-refractivity contribution in [3.63, 3.8) is 0 Å². The highest BCUT2D eigenvalue weighted by Gasteiger charge is 2.49. The molecule has 2 heterocycles. The number of carbonyl (C=O) groups is 2. The molecule has 0 spiro atoms. The lowest BCUT2D eigenvalue weighted by Crippen LogP contribution is -2.43. The molecular weight excluding hydrogens is 1730 g/mol. The van der Waals surface area contributed by atoms with Gasteiger partial charge in [0, 0.05) is 64.8 Å². The average Bonchev–Trinajstić information content (AvgIpc) is 0.750. The molecule has 134 heavy (non-hydrogen) atoms. The minimum absolute atomic E-state index is 0.0668. The van der Waals surface area contributed by atoms with Gasteiger partial charge < -0.3 is 54.8 Å². The maximum absolute atomic E-state index is 15.8. The van der Waals surface area contributed by atoms with Crippen molar-refractivity contribution in [2.75, 3.05) is 40.4 Å². The maximum Gasteiger partial charge on any atom is 0.534 e. The number of hydrogen-bond donors (Lipinski definition) is 5. The largest absolute Gasteiger partial charge is 0.534 e. The van der Waals surface area contributed by atoms with Crippen LogP contribution >= 0.6 is 0 Å². The number of anilines is 5. The molecule has 12 aromatic rings. The molecule has 23 heteroatoms. The molecule has 0 aromatic heterocycles. The Labute approximate surface area is 784 Å². The number of nitrogens with two attached hydrogens (primary N) is 1. The number of nitrogens with one attached hydrogen (secondary N) is 2. The van der Waals surface area contributed by atoms with Gasteiger partial charge in [-0.15, -0.1) is 0 Å². The Balaban J connectivity index is 0.000000183. The van der Waals surface area contributed by atoms with Crippen molar-refractivity contribution in [1.29, 1.82) is 0 Å². The summed E-state index contributed by atoms with van der Waals surface area (Å²) in [6, 6.07) is 78.4. The third kappa shape index (κ3) is 28.6. The second-order valence-corrected chi connectivity index (χ2v) is 37.0. The van der Waals surface area contributed by atoms with Gasteiger partial charge in [0.1, 0.15) is 52.9 Å². The van der Waals surface area contributed by atoms with Gasteiger partial charge in [0.15, 0.2) is 0 Å². The van der Waals surface area contributed by atoms with Crippen LogP contribution in [0, 0.1) is 23.3 Å². The molecule has 6 N–H and O–H groups in total. The summed E-state index contributed by atoms with van der Waals surface area (Å²) in [5, 5.41) is 26.6. The van der Waals surface area contributed by atoms with Crippen LogP contribution in [-0.2, 0) is 61.5 Å². The van der Waals surface area contributed by atoms with Crippen LogP contribution in [0.2, 0.25) is 0 Å². The van der Waals surface area contributed by atoms with Crippen LogP contribution in [0.15, 0.2) is 273 Å². The van der Waals surface area contributed by atoms with Gasteiger partial charge in [-0.05, 0) is 306 Å². The van der Waals surface area contributed by atoms with Crippen LogP contribution in [0.3, 0.4) is 0 Å². The predicted octanol–water partition coefficient (Wildman–Crippen LogP) is 26.9. The maximum atomic E-state index is 15.8. The molecule has 0 saturated carbocycles. The van der Waals surface area contributed by atoms with Gasteiger partial charge in [-0.25, -0.2) is 27.2 Å². The highest BCUT2D eigenvalue weighted by atomic mass is 32.2. The van der Waals surface area contributed by atoms with E-state index in [1.165, 1.54) is 76.5 Å². The van der Waals surface area contributed by atoms with Crippen molar-refractivity contribution >= 4 is 62.6 Å². The average molecular weight is 1850 g/mol. The summed E-state index contributed by atoms with van der Waals surface area (Å²) in [5.74, 6) is -1.47. The summed E-state index contributed by atoms with van der Waals surface area (Å²) < 4.78 is 144. The van der Waals surface area contributed by atoms with Crippen LogP contribution in [-0.4, -0.2) is 74.5 Å². The van der Waals surface area contributed by atoms with E-state index in [1.807, 2.05) is 134 Å². The molecule has 0 aliphatic carbocycles. The zero-order chi connectivity index (χ0) is 97.4. The van der Waals surface area contributed by atoms with Crippen molar-refractivity contribution < 1.29 is 77.3 Å². The third-order valence-corrected chi connectivity index (χ3v) is 24.3. The first-order valence-electron chi connectivity index (χ1n) is 45.0. The summed E-state index contributed by atoms with van der Waals surface area (Å²) in [5.41, 5.74) is 16.6. The molecule has 15 nitrogen and oxygen atoms in total. The number of ether oxygens (including phenoxy) is 3. The van der Waals surface area contributed by atoms with Gasteiger partial charge in [-0.1, -0.05) is 197 Å². The van der Waals surface area contributed by atoms with Crippen LogP contribution in [0.25, 0.3) is 12.2 Å². The van der Waals surface area contributed by atoms with Crippen LogP contribution < -0.4 is 35.1 Å². The highest BCUT2D eigenvalue weighted by molar-refractivity contribution is 7.88. The van der Waals surface area contributed by atoms with Crippen molar-refractivity contribution in [2.24, 2.45) is 0 Å². The summed E-state index contributed by atoms with van der Waals surface area (Å²) in [4.78, 5) is 26.7. The minimum atomic E-state index is -5.92. The fraction of sp³-hybridized carbons (Fsp3) is 0.297. The summed E-state index contributed by atoms with van der Waals surface area (Å²) in [6.45, 7) is 30.2. The quantitative estimate of drug-likeness (QED) is 0.00855. The molecule has 12 aromatic carbocycles. The lowest BCUT2D eigenvalue weighted by atomic mass is 9.83. The third-order valence-electron chi connectivity index (χ3n) is 23.3. The summed E-state index contributed by atoms with van der Waals surface area (Å²) in [6.07, 6.45) is 7.34. The van der Waals surface area contributed by atoms with Crippen molar-refractivity contribution in [3.8, 4) is 23.0 Å². The van der Waals surface area contributed by atoms with E-state index in [0.717, 1.165) is 101 Å². The van der Waals surface area contributed by atoms with Gasteiger partial charge in [0.2, 0.25) is 0 Å². The molecule has 2 aliphatic rings. The molecule has 0 radical (unpaired) electrons. The standard InChI is InChI=1S/C30H28F5NO5S.C29H29F2NO3.C25H29NO.C18H23NO.C9H13N/c1-17(2)20-6-8-22(9-7-20)36-18(3)13-21-16-23(41-42(38,39)30(33,34)35)10-11-24(21)29(36)28-25(31)14-19(15-26(28)32)5-12-27(37)40-4;1-17(2)20-6-8-22(9-7-20)32-18(3)13-21-16-23(33)10-11-24(21)29(32)28-25(30)14-19(15-26(28)31)5-12-27(34)35-4;1-19(2)23-12-14-24(15-13-23)26-20(3)16-22-10-7-11-25(17-22)27-18-21-8-5-4-6-9-21;1-13(2)16-7-9-17(10-8-16)19-14(3)11-15-5-4-6-18(20)12-15;1-7(2)8-3-5-9(10)6-4-8/h5-12,14-18,29H,13H2,1-4H3;5-12,14-18,29,33H,13H2,1-4H3;4-15,17,19-20,26H,16,18H2,1-3H3;4-10,12-14,19-20H,11H2,1-3H3;3-7H,10H2,1-2H3/b2*12-5+;;;/t2*18-,29+;20-;14-;/m1111./s1. The molecule has 14 rings (SSSR count). The van der Waals surface area contributed by atoms with E-state index in [4.69, 9.17) is 10.5 Å². The van der Waals surface area contributed by atoms with Gasteiger partial charge in [-0.2, -0.15) is 21.6 Å². The number of esters is 2. The van der Waals surface area contributed by atoms with Crippen molar-refractivity contribution in [3.05, 3.63) is 385 Å². The number of hydrogen-bond acceptors (Lipinski definition) is 15. The topological polar surface area (TPSA) is 202 Å². The number of phenols is 2. The van der Waals surface area contributed by atoms with E-state index in [1.54, 1.807) is 31.2 Å². The number of fused-ring (bicyclic) bond motifs is 2. The lowest BCUT2D eigenvalue weighted by Gasteiger charge is -2.44. The first-order valence-corrected chi connectivity index (χ1v) is 46.4. The zero-order valence-corrected chi connectivity index (χ0v) is 79.5. The van der Waals surface area contributed by atoms with Crippen molar-refractivity contribution in [1.82, 2.24) is 0 Å². The second-order valence-electron chi connectivity index (χ2n) is 35.4. The number of rotatable bonds is 26. The van der Waals surface area contributed by atoms with E-state index in [-0.39, 0.29) is 46.4 Å². The van der Waals surface area contributed by atoms with Gasteiger partial charge >= 0.3 is 27.6 Å². The fourth-order valence-corrected chi connectivity index (χ4v) is 16.6. The van der Waals surface area contributed by atoms with Gasteiger partial charge in [0.05, 0.1) is 37.4 Å². The van der Waals surface area contributed by atoms with E-state index in [2.05, 4.69) is 185 Å². The van der Waals surface area contributed by atoms with E-state index in [9.17, 15) is 41.4 Å². The number of alkyl halides is 3. The Morgan fingerprint density at radius 3 is 1.20 bits per heavy atom. The second kappa shape index (κ2) is 47.4. The first kappa shape index (κ1) is 103. The molecule has 0 unspecified atom stereocenters. The molecule has 0 fully saturated rings. The number of halogens is 7. The van der Waals surface area contributed by atoms with Crippen molar-refractivity contribution in [2.45, 2.75) is 201 Å². The minimum Gasteiger partial charge on any atom is -0.508 e. The van der Waals surface area contributed by atoms with Gasteiger partial charge in [-0.3, -0.25) is 0 Å². The highest BCUT2D eigenvalue weighted by Crippen LogP contribution is 2.47. The number of nitrogen functional groups attached to an aromatic ring is 1. The first-order chi connectivity index (χ1) is 63.6. The SMILES string of the molecule is CC(C)c1ccc(N)cc1.CC(C)c1ccc(N[C@H](C)Cc2cccc(O)c2)cc1.CC(C)c1ccc(N[C@H](C)Cc2cccc(OCc3ccccc3)c2)cc1.COC(=O)/C=C/c1cc(F)c([C@@H]2c3ccc(O)cc3C[C@@H](C)N2c2ccc(C(C)C)cc2)c(F)c1.COC(=O)/C=C/c1cc(F)c([C@@H]2c3ccc(OS(=O)(=O)C(F)(F)F)cc3C[C@@H](C)N2c2ccc(C(C)C)cc2)c(F)c1. The summed E-state index contributed by atoms with van der Waals surface area (Å²) >= 11 is 0. The normalized spacial score (nSPS) is 15.1. The fourth-order valence-electron chi connectivity index (χ4n) is 16.1. The number of phenolic OH excluding ortho intramolecular Hbond substituents is 2. The number of aromatic hydroxyl groups is 2. The molecule has 0 bridgehead atoms. The predicted molar refractivity (Wildman–Crippen MR) is 526 cm³/mol. The van der Waals surface area contributed by atoms with E-state index < -0.39 is 74.7 Å². The van der Waals surface area contributed by atoms with Crippen LogP contribution in [0.4, 0.5) is 59.2 Å². The molecular formula is C111H122F7N5O10S. The van der Waals surface area contributed by atoms with E-state index in [0.29, 0.717) is 71.3 Å². The Bertz CT molecular complexity index is 6010. The monoisotopic (exact) mass is 1850 g/mol. The Hall–Kier alpha value is -13.3. The van der Waals surface area contributed by atoms with Crippen LogP contribution in [0.5, 0.6) is 23.0 Å². The molecule has 706 valence electrons. The zero-order valence-electron chi connectivity index (χ0n) is 78.7. The van der Waals surface area contributed by atoms with Crippen LogP contribution in [0.1, 0.15) is 228 Å². The van der Waals surface area contributed by atoms with E-state index >= 15 is 17.6 Å². The number of carbonyl (C=O) groups excluding carboxylic acids is 2. The molecule has 2 aliphatic heterocycles. The number of benzene rings is 12. The molecule has 0 saturated heterocycles. The Morgan fingerprint density at radius 2 is 0.806 bits per heavy atom. The lowest BCUT2D eigenvalue weighted by molar-refractivity contribution is -0.135. The Morgan fingerprint density at radius 1 is 0.440 bits per heavy atom. The number of methoxy groups -OCH3 is 2. The Kier molecular flexibility index (Phi) is 36.4. The summed E-state index contributed by atoms with van der Waals surface area (Å²) in [7, 11) is -3.53. The number of nitrogens with zero attached hydrogens (tertiary/aromatic N) is 2. The van der Waals surface area contributed by atoms with Gasteiger partial charge in [0.25, 0.3) is 0 Å². The molecule has 6 atom stereocenters. The molecule has 0 amide bonds. The smallest absolute Gasteiger partial charge is 0.508 e.